The molecule has 0 saturated heterocycles. The van der Waals surface area contributed by atoms with Gasteiger partial charge in [0, 0.05) is 12.1 Å². The molecular formula is C10H11F2NO. The molecule has 0 bridgehead atoms. The number of halogens is 2. The lowest BCUT2D eigenvalue weighted by molar-refractivity contribution is 0.238. The van der Waals surface area contributed by atoms with Crippen molar-refractivity contribution in [3.8, 4) is 5.75 Å². The van der Waals surface area contributed by atoms with Crippen LogP contribution in [-0.4, -0.2) is 12.1 Å². The van der Waals surface area contributed by atoms with E-state index in [2.05, 4.69) is 5.32 Å². The lowest BCUT2D eigenvalue weighted by atomic mass is 10.0. The lowest BCUT2D eigenvalue weighted by Crippen LogP contribution is -2.41. The molecule has 2 rings (SSSR count). The quantitative estimate of drug-likeness (QED) is 0.693. The molecule has 14 heavy (non-hydrogen) atoms. The van der Waals surface area contributed by atoms with Gasteiger partial charge in [-0.15, -0.1) is 0 Å². The van der Waals surface area contributed by atoms with Crippen LogP contribution >= 0.6 is 0 Å². The van der Waals surface area contributed by atoms with E-state index in [1.54, 1.807) is 0 Å². The van der Waals surface area contributed by atoms with E-state index >= 15 is 0 Å². The first-order chi connectivity index (χ1) is 6.48. The van der Waals surface area contributed by atoms with Crippen LogP contribution in [-0.2, 0) is 0 Å². The number of hydrogen-bond acceptors (Lipinski definition) is 2. The summed E-state index contributed by atoms with van der Waals surface area (Å²) in [4.78, 5) is 0. The summed E-state index contributed by atoms with van der Waals surface area (Å²) < 4.78 is 31.4. The van der Waals surface area contributed by atoms with Crippen LogP contribution in [0.2, 0.25) is 0 Å². The summed E-state index contributed by atoms with van der Waals surface area (Å²) in [6, 6.07) is 2.03. The first-order valence-corrected chi connectivity index (χ1v) is 4.38. The van der Waals surface area contributed by atoms with Gasteiger partial charge >= 0.3 is 0 Å². The zero-order valence-electron chi connectivity index (χ0n) is 8.03. The second kappa shape index (κ2) is 2.83. The molecule has 0 spiro atoms. The Bertz CT molecular complexity index is 377. The van der Waals surface area contributed by atoms with E-state index < -0.39 is 11.6 Å². The van der Waals surface area contributed by atoms with Gasteiger partial charge < -0.3 is 10.1 Å². The highest BCUT2D eigenvalue weighted by atomic mass is 19.1. The van der Waals surface area contributed by atoms with Crippen molar-refractivity contribution < 1.29 is 13.5 Å². The van der Waals surface area contributed by atoms with Gasteiger partial charge in [-0.25, -0.2) is 8.78 Å². The van der Waals surface area contributed by atoms with Gasteiger partial charge in [-0.3, -0.25) is 0 Å². The molecule has 0 atom stereocenters. The van der Waals surface area contributed by atoms with E-state index in [1.807, 2.05) is 13.8 Å². The summed E-state index contributed by atoms with van der Waals surface area (Å²) in [5.41, 5.74) is -0.0891. The third kappa shape index (κ3) is 1.52. The molecule has 1 aliphatic rings. The van der Waals surface area contributed by atoms with Gasteiger partial charge in [0.15, 0.2) is 5.82 Å². The summed E-state index contributed by atoms with van der Waals surface area (Å²) in [5.74, 6) is -1.00. The van der Waals surface area contributed by atoms with Crippen molar-refractivity contribution in [3.63, 3.8) is 0 Å². The molecule has 2 nitrogen and oxygen atoms in total. The highest BCUT2D eigenvalue weighted by Crippen LogP contribution is 2.35. The van der Waals surface area contributed by atoms with Crippen LogP contribution in [0.1, 0.15) is 13.8 Å². The van der Waals surface area contributed by atoms with E-state index in [0.717, 1.165) is 6.07 Å². The van der Waals surface area contributed by atoms with Gasteiger partial charge in [0.25, 0.3) is 0 Å². The fraction of sp³-hybridized carbons (Fsp3) is 0.400. The fourth-order valence-corrected chi connectivity index (χ4v) is 1.42. The molecule has 0 radical (unpaired) electrons. The van der Waals surface area contributed by atoms with E-state index in [1.165, 1.54) is 6.07 Å². The zero-order chi connectivity index (χ0) is 10.3. The van der Waals surface area contributed by atoms with E-state index in [0.29, 0.717) is 6.61 Å². The smallest absolute Gasteiger partial charge is 0.153 e. The maximum absolute atomic E-state index is 13.3. The summed E-state index contributed by atoms with van der Waals surface area (Å²) in [5, 5.41) is 2.97. The molecule has 0 fully saturated rings. The summed E-state index contributed by atoms with van der Waals surface area (Å²) in [6.45, 7) is 4.17. The molecule has 0 saturated carbocycles. The SMILES string of the molecule is CC1(C)COc2cc(F)cc(F)c2N1. The Hall–Kier alpha value is -1.32. The molecule has 0 aromatic heterocycles. The van der Waals surface area contributed by atoms with Crippen LogP contribution in [0.3, 0.4) is 0 Å². The molecule has 1 N–H and O–H groups in total. The van der Waals surface area contributed by atoms with Crippen molar-refractivity contribution in [1.29, 1.82) is 0 Å². The third-order valence-electron chi connectivity index (χ3n) is 2.07. The maximum atomic E-state index is 13.3. The van der Waals surface area contributed by atoms with E-state index in [4.69, 9.17) is 4.74 Å². The molecular weight excluding hydrogens is 188 g/mol. The number of anilines is 1. The Kier molecular flexibility index (Phi) is 1.87. The topological polar surface area (TPSA) is 21.3 Å². The highest BCUT2D eigenvalue weighted by molar-refractivity contribution is 5.60. The minimum absolute atomic E-state index is 0.238. The molecule has 1 aromatic rings. The number of nitrogens with one attached hydrogen (secondary N) is 1. The average Bonchev–Trinajstić information content (AvgIpc) is 2.06. The largest absolute Gasteiger partial charge is 0.489 e. The van der Waals surface area contributed by atoms with Gasteiger partial charge in [-0.2, -0.15) is 0 Å². The number of fused-ring (bicyclic) bond motifs is 1. The number of benzene rings is 1. The number of rotatable bonds is 0. The van der Waals surface area contributed by atoms with Crippen LogP contribution in [0.5, 0.6) is 5.75 Å². The molecule has 1 aromatic carbocycles. The molecule has 1 aliphatic heterocycles. The van der Waals surface area contributed by atoms with Gasteiger partial charge in [0.2, 0.25) is 0 Å². The van der Waals surface area contributed by atoms with Crippen molar-refractivity contribution in [2.45, 2.75) is 19.4 Å². The summed E-state index contributed by atoms with van der Waals surface area (Å²) in [7, 11) is 0. The van der Waals surface area contributed by atoms with Crippen molar-refractivity contribution in [2.24, 2.45) is 0 Å². The molecule has 0 aliphatic carbocycles. The van der Waals surface area contributed by atoms with E-state index in [-0.39, 0.29) is 17.0 Å². The summed E-state index contributed by atoms with van der Waals surface area (Å²) >= 11 is 0. The van der Waals surface area contributed by atoms with Gasteiger partial charge in [0.1, 0.15) is 23.9 Å². The average molecular weight is 199 g/mol. The standard InChI is InChI=1S/C10H11F2NO/c1-10(2)5-14-8-4-6(11)3-7(12)9(8)13-10/h3-4,13H,5H2,1-2H3. The van der Waals surface area contributed by atoms with Crippen LogP contribution in [0.15, 0.2) is 12.1 Å². The number of ether oxygens (including phenoxy) is 1. The minimum atomic E-state index is -0.622. The van der Waals surface area contributed by atoms with Crippen molar-refractivity contribution in [3.05, 3.63) is 23.8 Å². The number of hydrogen-bond donors (Lipinski definition) is 1. The van der Waals surface area contributed by atoms with Crippen molar-refractivity contribution in [2.75, 3.05) is 11.9 Å². The molecule has 0 amide bonds. The molecule has 4 heteroatoms. The van der Waals surface area contributed by atoms with Crippen LogP contribution < -0.4 is 10.1 Å². The minimum Gasteiger partial charge on any atom is -0.489 e. The molecule has 1 heterocycles. The fourth-order valence-electron chi connectivity index (χ4n) is 1.42. The Morgan fingerprint density at radius 3 is 2.79 bits per heavy atom. The predicted octanol–water partition coefficient (Wildman–Crippen LogP) is 2.55. The first-order valence-electron chi connectivity index (χ1n) is 4.38. The summed E-state index contributed by atoms with van der Waals surface area (Å²) in [6.07, 6.45) is 0. The Morgan fingerprint density at radius 1 is 1.36 bits per heavy atom. The van der Waals surface area contributed by atoms with Gasteiger partial charge in [0.05, 0.1) is 5.54 Å². The van der Waals surface area contributed by atoms with Gasteiger partial charge in [-0.1, -0.05) is 0 Å². The van der Waals surface area contributed by atoms with Crippen molar-refractivity contribution >= 4 is 5.69 Å². The molecule has 0 unspecified atom stereocenters. The third-order valence-corrected chi connectivity index (χ3v) is 2.07. The second-order valence-corrected chi connectivity index (χ2v) is 4.06. The Balaban J connectivity index is 2.47. The van der Waals surface area contributed by atoms with Gasteiger partial charge in [-0.05, 0) is 13.8 Å². The Labute approximate surface area is 80.9 Å². The van der Waals surface area contributed by atoms with Crippen LogP contribution in [0.25, 0.3) is 0 Å². The predicted molar refractivity (Wildman–Crippen MR) is 49.6 cm³/mol. The van der Waals surface area contributed by atoms with Crippen molar-refractivity contribution in [1.82, 2.24) is 0 Å². The second-order valence-electron chi connectivity index (χ2n) is 4.06. The lowest BCUT2D eigenvalue weighted by Gasteiger charge is -2.33. The molecule has 76 valence electrons. The first kappa shape index (κ1) is 9.24. The monoisotopic (exact) mass is 199 g/mol. The van der Waals surface area contributed by atoms with Crippen LogP contribution in [0.4, 0.5) is 14.5 Å². The Morgan fingerprint density at radius 2 is 2.07 bits per heavy atom. The zero-order valence-corrected chi connectivity index (χ0v) is 8.03. The highest BCUT2D eigenvalue weighted by Gasteiger charge is 2.28. The maximum Gasteiger partial charge on any atom is 0.153 e. The van der Waals surface area contributed by atoms with E-state index in [9.17, 15) is 8.78 Å². The van der Waals surface area contributed by atoms with Crippen LogP contribution in [0, 0.1) is 11.6 Å². The normalized spacial score (nSPS) is 18.0.